The standard InChI is InChI=1S/C15H17N/c1-9-7-6-8-16-15(9)14-12(4)10(2)11(3)13(14)5/h6-8H,2H2,1,3-5H3. The third-order valence-electron chi connectivity index (χ3n) is 3.46. The van der Waals surface area contributed by atoms with Crippen molar-refractivity contribution in [3.8, 4) is 0 Å². The van der Waals surface area contributed by atoms with E-state index in [4.69, 9.17) is 0 Å². The number of aromatic nitrogens is 1. The summed E-state index contributed by atoms with van der Waals surface area (Å²) in [5.74, 6) is 0. The van der Waals surface area contributed by atoms with E-state index in [9.17, 15) is 0 Å². The summed E-state index contributed by atoms with van der Waals surface area (Å²) in [6.07, 6.45) is 1.85. The first kappa shape index (κ1) is 10.9. The molecule has 82 valence electrons. The van der Waals surface area contributed by atoms with Gasteiger partial charge in [0.15, 0.2) is 0 Å². The van der Waals surface area contributed by atoms with Crippen molar-refractivity contribution in [3.05, 3.63) is 58.5 Å². The lowest BCUT2D eigenvalue weighted by Gasteiger charge is -2.08. The van der Waals surface area contributed by atoms with Gasteiger partial charge in [-0.25, -0.2) is 0 Å². The number of rotatable bonds is 1. The summed E-state index contributed by atoms with van der Waals surface area (Å²) in [6.45, 7) is 12.6. The van der Waals surface area contributed by atoms with Crippen LogP contribution in [0.5, 0.6) is 0 Å². The van der Waals surface area contributed by atoms with Gasteiger partial charge in [-0.1, -0.05) is 12.6 Å². The van der Waals surface area contributed by atoms with Crippen LogP contribution in [0.3, 0.4) is 0 Å². The molecule has 1 aliphatic carbocycles. The molecule has 1 heteroatoms. The van der Waals surface area contributed by atoms with Crippen LogP contribution in [0.1, 0.15) is 32.0 Å². The molecule has 0 aliphatic heterocycles. The highest BCUT2D eigenvalue weighted by Gasteiger charge is 2.22. The molecular formula is C15H17N. The Hall–Kier alpha value is -1.63. The Balaban J connectivity index is 2.67. The maximum atomic E-state index is 4.50. The van der Waals surface area contributed by atoms with Crippen LogP contribution in [-0.4, -0.2) is 4.98 Å². The normalized spacial score (nSPS) is 16.4. The minimum atomic E-state index is 1.09. The molecular weight excluding hydrogens is 194 g/mol. The molecule has 1 aliphatic rings. The van der Waals surface area contributed by atoms with E-state index in [1.54, 1.807) is 0 Å². The number of hydrogen-bond acceptors (Lipinski definition) is 1. The van der Waals surface area contributed by atoms with E-state index in [1.807, 2.05) is 12.3 Å². The molecule has 0 amide bonds. The van der Waals surface area contributed by atoms with Crippen molar-refractivity contribution >= 4 is 5.57 Å². The summed E-state index contributed by atoms with van der Waals surface area (Å²) in [7, 11) is 0. The fourth-order valence-electron chi connectivity index (χ4n) is 2.23. The van der Waals surface area contributed by atoms with Gasteiger partial charge in [-0.3, -0.25) is 4.98 Å². The molecule has 2 rings (SSSR count). The van der Waals surface area contributed by atoms with Gasteiger partial charge in [0.1, 0.15) is 0 Å². The largest absolute Gasteiger partial charge is 0.256 e. The monoisotopic (exact) mass is 211 g/mol. The molecule has 0 atom stereocenters. The Bertz CT molecular complexity index is 530. The third kappa shape index (κ3) is 1.44. The topological polar surface area (TPSA) is 12.9 Å². The quantitative estimate of drug-likeness (QED) is 0.682. The zero-order chi connectivity index (χ0) is 11.9. The molecule has 1 heterocycles. The van der Waals surface area contributed by atoms with Crippen LogP contribution in [0.25, 0.3) is 5.57 Å². The lowest BCUT2D eigenvalue weighted by molar-refractivity contribution is 1.21. The number of nitrogens with zero attached hydrogens (tertiary/aromatic N) is 1. The fraction of sp³-hybridized carbons (Fsp3) is 0.267. The first-order valence-corrected chi connectivity index (χ1v) is 5.54. The molecule has 0 radical (unpaired) electrons. The highest BCUT2D eigenvalue weighted by Crippen LogP contribution is 2.40. The Morgan fingerprint density at radius 2 is 1.69 bits per heavy atom. The van der Waals surface area contributed by atoms with Crippen LogP contribution in [0.2, 0.25) is 0 Å². The number of pyridine rings is 1. The van der Waals surface area contributed by atoms with E-state index in [-0.39, 0.29) is 0 Å². The summed E-state index contributed by atoms with van der Waals surface area (Å²) < 4.78 is 0. The molecule has 0 saturated carbocycles. The van der Waals surface area contributed by atoms with Gasteiger partial charge in [-0.2, -0.15) is 0 Å². The second-order valence-corrected chi connectivity index (χ2v) is 4.40. The maximum absolute atomic E-state index is 4.50. The van der Waals surface area contributed by atoms with Crippen molar-refractivity contribution in [2.24, 2.45) is 0 Å². The molecule has 1 aromatic heterocycles. The SMILES string of the molecule is C=C1C(C)=C(C)C(c2ncccc2C)=C1C. The lowest BCUT2D eigenvalue weighted by Crippen LogP contribution is -1.94. The van der Waals surface area contributed by atoms with Crippen LogP contribution in [0.4, 0.5) is 0 Å². The van der Waals surface area contributed by atoms with E-state index in [2.05, 4.69) is 45.3 Å². The summed E-state index contributed by atoms with van der Waals surface area (Å²) in [5, 5.41) is 0. The van der Waals surface area contributed by atoms with E-state index in [0.717, 1.165) is 11.3 Å². The molecule has 0 unspecified atom stereocenters. The van der Waals surface area contributed by atoms with E-state index in [0.29, 0.717) is 0 Å². The van der Waals surface area contributed by atoms with Gasteiger partial charge in [0.2, 0.25) is 0 Å². The Kier molecular flexibility index (Phi) is 2.55. The molecule has 1 aromatic rings. The molecule has 1 nitrogen and oxygen atoms in total. The van der Waals surface area contributed by atoms with E-state index < -0.39 is 0 Å². The second kappa shape index (κ2) is 3.75. The first-order chi connectivity index (χ1) is 7.54. The van der Waals surface area contributed by atoms with Crippen LogP contribution in [-0.2, 0) is 0 Å². The van der Waals surface area contributed by atoms with Crippen molar-refractivity contribution < 1.29 is 0 Å². The molecule has 0 fully saturated rings. The average Bonchev–Trinajstić information content (AvgIpc) is 2.45. The predicted octanol–water partition coefficient (Wildman–Crippen LogP) is 4.07. The van der Waals surface area contributed by atoms with Gasteiger partial charge < -0.3 is 0 Å². The van der Waals surface area contributed by atoms with Gasteiger partial charge >= 0.3 is 0 Å². The summed E-state index contributed by atoms with van der Waals surface area (Å²) in [5.41, 5.74) is 8.59. The average molecular weight is 211 g/mol. The molecule has 0 saturated heterocycles. The zero-order valence-electron chi connectivity index (χ0n) is 10.4. The molecule has 0 N–H and O–H groups in total. The van der Waals surface area contributed by atoms with Crippen molar-refractivity contribution in [2.75, 3.05) is 0 Å². The molecule has 0 aromatic carbocycles. The smallest absolute Gasteiger partial charge is 0.0736 e. The Labute approximate surface area is 97.2 Å². The first-order valence-electron chi connectivity index (χ1n) is 5.54. The van der Waals surface area contributed by atoms with Gasteiger partial charge in [-0.05, 0) is 61.6 Å². The van der Waals surface area contributed by atoms with Gasteiger partial charge in [0.25, 0.3) is 0 Å². The molecule has 0 bridgehead atoms. The fourth-order valence-corrected chi connectivity index (χ4v) is 2.23. The van der Waals surface area contributed by atoms with E-state index >= 15 is 0 Å². The number of allylic oxidation sites excluding steroid dienone is 5. The summed E-state index contributed by atoms with van der Waals surface area (Å²) >= 11 is 0. The number of hydrogen-bond donors (Lipinski definition) is 0. The summed E-state index contributed by atoms with van der Waals surface area (Å²) in [4.78, 5) is 4.50. The Morgan fingerprint density at radius 3 is 2.19 bits per heavy atom. The minimum Gasteiger partial charge on any atom is -0.256 e. The van der Waals surface area contributed by atoms with Crippen LogP contribution in [0.15, 0.2) is 47.2 Å². The van der Waals surface area contributed by atoms with Crippen LogP contribution >= 0.6 is 0 Å². The van der Waals surface area contributed by atoms with Crippen LogP contribution < -0.4 is 0 Å². The van der Waals surface area contributed by atoms with Crippen molar-refractivity contribution in [3.63, 3.8) is 0 Å². The van der Waals surface area contributed by atoms with Crippen molar-refractivity contribution in [1.29, 1.82) is 0 Å². The highest BCUT2D eigenvalue weighted by molar-refractivity contribution is 5.89. The second-order valence-electron chi connectivity index (χ2n) is 4.40. The minimum absolute atomic E-state index is 1.09. The third-order valence-corrected chi connectivity index (χ3v) is 3.46. The molecule has 16 heavy (non-hydrogen) atoms. The van der Waals surface area contributed by atoms with Crippen molar-refractivity contribution in [1.82, 2.24) is 4.98 Å². The predicted molar refractivity (Wildman–Crippen MR) is 69.1 cm³/mol. The maximum Gasteiger partial charge on any atom is 0.0736 e. The zero-order valence-corrected chi connectivity index (χ0v) is 10.4. The number of aryl methyl sites for hydroxylation is 1. The van der Waals surface area contributed by atoms with Gasteiger partial charge in [-0.15, -0.1) is 0 Å². The Morgan fingerprint density at radius 1 is 1.00 bits per heavy atom. The van der Waals surface area contributed by atoms with Gasteiger partial charge in [0.05, 0.1) is 5.69 Å². The van der Waals surface area contributed by atoms with Crippen molar-refractivity contribution in [2.45, 2.75) is 27.7 Å². The van der Waals surface area contributed by atoms with Crippen LogP contribution in [0, 0.1) is 6.92 Å². The van der Waals surface area contributed by atoms with E-state index in [1.165, 1.54) is 27.9 Å². The highest BCUT2D eigenvalue weighted by atomic mass is 14.7. The lowest BCUT2D eigenvalue weighted by atomic mass is 9.99. The summed E-state index contributed by atoms with van der Waals surface area (Å²) in [6, 6.07) is 4.08. The molecule has 0 spiro atoms. The van der Waals surface area contributed by atoms with Gasteiger partial charge in [0, 0.05) is 11.8 Å².